The monoisotopic (exact) mass is 275 g/mol. The third-order valence-electron chi connectivity index (χ3n) is 4.37. The summed E-state index contributed by atoms with van der Waals surface area (Å²) in [6.45, 7) is 0. The Bertz CT molecular complexity index is 564. The van der Waals surface area contributed by atoms with E-state index in [2.05, 4.69) is 11.1 Å². The van der Waals surface area contributed by atoms with Crippen molar-refractivity contribution in [3.63, 3.8) is 0 Å². The lowest BCUT2D eigenvalue weighted by molar-refractivity contribution is 0.0432. The van der Waals surface area contributed by atoms with E-state index in [1.807, 2.05) is 18.2 Å². The Labute approximate surface area is 116 Å². The second-order valence-corrected chi connectivity index (χ2v) is 6.74. The van der Waals surface area contributed by atoms with E-state index in [1.165, 1.54) is 11.1 Å². The van der Waals surface area contributed by atoms with Crippen LogP contribution in [0.3, 0.4) is 0 Å². The molecule has 4 heteroatoms. The first-order chi connectivity index (χ1) is 9.29. The summed E-state index contributed by atoms with van der Waals surface area (Å²) in [6.07, 6.45) is 4.36. The third-order valence-corrected chi connectivity index (χ3v) is 5.43. The highest BCUT2D eigenvalue weighted by atomic mass is 32.1. The number of thiazole rings is 1. The van der Waals surface area contributed by atoms with Crippen molar-refractivity contribution in [3.8, 4) is 0 Å². The molecular formula is C15H17NO2S. The van der Waals surface area contributed by atoms with Gasteiger partial charge in [0.15, 0.2) is 0 Å². The minimum absolute atomic E-state index is 0.286. The lowest BCUT2D eigenvalue weighted by Crippen LogP contribution is -2.30. The Morgan fingerprint density at radius 3 is 3.00 bits per heavy atom. The number of ether oxygens (including phenoxy) is 1. The zero-order valence-electron chi connectivity index (χ0n) is 10.7. The van der Waals surface area contributed by atoms with Crippen LogP contribution in [-0.4, -0.2) is 28.4 Å². The second-order valence-electron chi connectivity index (χ2n) is 5.62. The molecule has 1 aromatic heterocycles. The SMILES string of the molecule is OC(Cc1nc2ccccc2s1)C1CC2CCC1O2. The van der Waals surface area contributed by atoms with Crippen LogP contribution in [-0.2, 0) is 11.2 Å². The minimum atomic E-state index is -0.309. The summed E-state index contributed by atoms with van der Waals surface area (Å²) in [5.41, 5.74) is 1.04. The highest BCUT2D eigenvalue weighted by Gasteiger charge is 2.44. The molecule has 2 bridgehead atoms. The van der Waals surface area contributed by atoms with E-state index in [0.29, 0.717) is 18.4 Å². The fourth-order valence-electron chi connectivity index (χ4n) is 3.42. The molecule has 0 amide bonds. The van der Waals surface area contributed by atoms with Gasteiger partial charge in [-0.3, -0.25) is 0 Å². The van der Waals surface area contributed by atoms with Crippen molar-refractivity contribution in [2.45, 2.75) is 44.0 Å². The fraction of sp³-hybridized carbons (Fsp3) is 0.533. The van der Waals surface area contributed by atoms with Gasteiger partial charge < -0.3 is 9.84 Å². The summed E-state index contributed by atoms with van der Waals surface area (Å²) in [6, 6.07) is 8.16. The third kappa shape index (κ3) is 2.08. The van der Waals surface area contributed by atoms with E-state index in [9.17, 15) is 5.11 Å². The van der Waals surface area contributed by atoms with Crippen molar-refractivity contribution in [3.05, 3.63) is 29.3 Å². The molecule has 2 aromatic rings. The highest BCUT2D eigenvalue weighted by molar-refractivity contribution is 7.18. The first-order valence-electron chi connectivity index (χ1n) is 6.97. The summed E-state index contributed by atoms with van der Waals surface area (Å²) in [4.78, 5) is 4.60. The van der Waals surface area contributed by atoms with Crippen LogP contribution in [0, 0.1) is 5.92 Å². The van der Waals surface area contributed by atoms with Crippen LogP contribution < -0.4 is 0 Å². The summed E-state index contributed by atoms with van der Waals surface area (Å²) in [5.74, 6) is 0.311. The Balaban J connectivity index is 1.51. The average Bonchev–Trinajstić information content (AvgIpc) is 3.12. The lowest BCUT2D eigenvalue weighted by atomic mass is 9.84. The molecule has 100 valence electrons. The molecule has 0 saturated carbocycles. The Kier molecular flexibility index (Phi) is 2.83. The van der Waals surface area contributed by atoms with Crippen LogP contribution in [0.1, 0.15) is 24.3 Å². The number of nitrogens with zero attached hydrogens (tertiary/aromatic N) is 1. The van der Waals surface area contributed by atoms with Gasteiger partial charge in [0.25, 0.3) is 0 Å². The largest absolute Gasteiger partial charge is 0.392 e. The molecule has 2 aliphatic rings. The van der Waals surface area contributed by atoms with Crippen molar-refractivity contribution in [2.75, 3.05) is 0 Å². The maximum absolute atomic E-state index is 10.4. The first-order valence-corrected chi connectivity index (χ1v) is 7.79. The molecular weight excluding hydrogens is 258 g/mol. The molecule has 4 atom stereocenters. The predicted molar refractivity (Wildman–Crippen MR) is 75.3 cm³/mol. The number of benzene rings is 1. The second kappa shape index (κ2) is 4.54. The van der Waals surface area contributed by atoms with Crippen molar-refractivity contribution >= 4 is 21.6 Å². The molecule has 0 spiro atoms. The first kappa shape index (κ1) is 11.8. The maximum atomic E-state index is 10.4. The molecule has 2 aliphatic heterocycles. The van der Waals surface area contributed by atoms with Gasteiger partial charge in [0.05, 0.1) is 33.5 Å². The van der Waals surface area contributed by atoms with Crippen molar-refractivity contribution < 1.29 is 9.84 Å². The average molecular weight is 275 g/mol. The molecule has 4 unspecified atom stereocenters. The van der Waals surface area contributed by atoms with Crippen molar-refractivity contribution in [2.24, 2.45) is 5.92 Å². The molecule has 1 aromatic carbocycles. The van der Waals surface area contributed by atoms with Crippen molar-refractivity contribution in [1.82, 2.24) is 4.98 Å². The van der Waals surface area contributed by atoms with Crippen LogP contribution in [0.2, 0.25) is 0 Å². The summed E-state index contributed by atoms with van der Waals surface area (Å²) < 4.78 is 7.03. The zero-order chi connectivity index (χ0) is 12.8. The molecule has 1 N–H and O–H groups in total. The number of aliphatic hydroxyl groups is 1. The maximum Gasteiger partial charge on any atom is 0.0964 e. The normalized spacial score (nSPS) is 31.1. The summed E-state index contributed by atoms with van der Waals surface area (Å²) >= 11 is 1.69. The van der Waals surface area contributed by atoms with Gasteiger partial charge >= 0.3 is 0 Å². The zero-order valence-corrected chi connectivity index (χ0v) is 11.5. The van der Waals surface area contributed by atoms with Crippen LogP contribution >= 0.6 is 11.3 Å². The van der Waals surface area contributed by atoms with E-state index in [1.54, 1.807) is 11.3 Å². The molecule has 4 rings (SSSR count). The van der Waals surface area contributed by atoms with Gasteiger partial charge in [-0.2, -0.15) is 0 Å². The number of fused-ring (bicyclic) bond motifs is 3. The van der Waals surface area contributed by atoms with Gasteiger partial charge in [-0.15, -0.1) is 11.3 Å². The molecule has 0 radical (unpaired) electrons. The van der Waals surface area contributed by atoms with E-state index in [-0.39, 0.29) is 12.2 Å². The molecule has 3 heterocycles. The minimum Gasteiger partial charge on any atom is -0.392 e. The van der Waals surface area contributed by atoms with Gasteiger partial charge in [0.1, 0.15) is 0 Å². The molecule has 2 saturated heterocycles. The van der Waals surface area contributed by atoms with Gasteiger partial charge in [0, 0.05) is 12.3 Å². The quantitative estimate of drug-likeness (QED) is 0.936. The van der Waals surface area contributed by atoms with Crippen LogP contribution in [0.15, 0.2) is 24.3 Å². The number of para-hydroxylation sites is 1. The Hall–Kier alpha value is -0.970. The van der Waals surface area contributed by atoms with E-state index in [0.717, 1.165) is 23.4 Å². The van der Waals surface area contributed by atoms with Gasteiger partial charge in [0.2, 0.25) is 0 Å². The Morgan fingerprint density at radius 1 is 1.37 bits per heavy atom. The molecule has 19 heavy (non-hydrogen) atoms. The van der Waals surface area contributed by atoms with E-state index >= 15 is 0 Å². The highest BCUT2D eigenvalue weighted by Crippen LogP contribution is 2.41. The van der Waals surface area contributed by atoms with Gasteiger partial charge in [-0.1, -0.05) is 12.1 Å². The topological polar surface area (TPSA) is 42.4 Å². The molecule has 0 aliphatic carbocycles. The van der Waals surface area contributed by atoms with Crippen molar-refractivity contribution in [1.29, 1.82) is 0 Å². The fourth-order valence-corrected chi connectivity index (χ4v) is 4.44. The van der Waals surface area contributed by atoms with E-state index < -0.39 is 0 Å². The summed E-state index contributed by atoms with van der Waals surface area (Å²) in [7, 11) is 0. The number of hydrogen-bond acceptors (Lipinski definition) is 4. The van der Waals surface area contributed by atoms with Crippen LogP contribution in [0.25, 0.3) is 10.2 Å². The number of rotatable bonds is 3. The van der Waals surface area contributed by atoms with Gasteiger partial charge in [-0.25, -0.2) is 4.98 Å². The molecule has 3 nitrogen and oxygen atoms in total. The van der Waals surface area contributed by atoms with Crippen LogP contribution in [0.5, 0.6) is 0 Å². The standard InChI is InChI=1S/C15H17NO2S/c17-12(10-7-9-5-6-13(10)18-9)8-15-16-11-3-1-2-4-14(11)19-15/h1-4,9-10,12-13,17H,5-8H2. The summed E-state index contributed by atoms with van der Waals surface area (Å²) in [5, 5.41) is 11.5. The molecule has 2 fully saturated rings. The smallest absolute Gasteiger partial charge is 0.0964 e. The number of aliphatic hydroxyl groups excluding tert-OH is 1. The van der Waals surface area contributed by atoms with E-state index in [4.69, 9.17) is 4.74 Å². The predicted octanol–water partition coefficient (Wildman–Crippen LogP) is 2.77. The number of aromatic nitrogens is 1. The Morgan fingerprint density at radius 2 is 2.26 bits per heavy atom. The van der Waals surface area contributed by atoms with Gasteiger partial charge in [-0.05, 0) is 31.4 Å². The number of hydrogen-bond donors (Lipinski definition) is 1. The lowest BCUT2D eigenvalue weighted by Gasteiger charge is -2.23. The van der Waals surface area contributed by atoms with Crippen LogP contribution in [0.4, 0.5) is 0 Å².